The van der Waals surface area contributed by atoms with Crippen LogP contribution in [0.2, 0.25) is 0 Å². The predicted molar refractivity (Wildman–Crippen MR) is 111 cm³/mol. The second-order valence-electron chi connectivity index (χ2n) is 8.05. The summed E-state index contributed by atoms with van der Waals surface area (Å²) in [6, 6.07) is 5.95. The third kappa shape index (κ3) is 6.46. The van der Waals surface area contributed by atoms with E-state index in [2.05, 4.69) is 20.4 Å². The molecule has 30 heavy (non-hydrogen) atoms. The van der Waals surface area contributed by atoms with Gasteiger partial charge in [-0.15, -0.1) is 10.2 Å². The van der Waals surface area contributed by atoms with Gasteiger partial charge in [0, 0.05) is 32.7 Å². The van der Waals surface area contributed by atoms with Crippen molar-refractivity contribution >= 4 is 23.3 Å². The zero-order valence-corrected chi connectivity index (χ0v) is 18.2. The average molecular weight is 436 g/mol. The quantitative estimate of drug-likeness (QED) is 0.777. The van der Waals surface area contributed by atoms with Gasteiger partial charge in [-0.2, -0.15) is 0 Å². The molecular formula is C20H26FN5O3S. The van der Waals surface area contributed by atoms with E-state index in [1.165, 1.54) is 23.5 Å². The van der Waals surface area contributed by atoms with Crippen molar-refractivity contribution in [3.05, 3.63) is 45.7 Å². The average Bonchev–Trinajstić information content (AvgIpc) is 3.15. The molecule has 1 fully saturated rings. The van der Waals surface area contributed by atoms with Crippen LogP contribution in [0.3, 0.4) is 0 Å². The summed E-state index contributed by atoms with van der Waals surface area (Å²) in [6.45, 7) is 8.98. The van der Waals surface area contributed by atoms with Gasteiger partial charge in [-0.05, 0) is 38.5 Å². The maximum Gasteiger partial charge on any atom is 0.410 e. The molecule has 0 atom stereocenters. The first-order valence-electron chi connectivity index (χ1n) is 9.75. The highest BCUT2D eigenvalue weighted by Crippen LogP contribution is 2.16. The topological polar surface area (TPSA) is 87.7 Å². The molecule has 1 aliphatic heterocycles. The summed E-state index contributed by atoms with van der Waals surface area (Å²) in [4.78, 5) is 28.3. The third-order valence-corrected chi connectivity index (χ3v) is 5.32. The summed E-state index contributed by atoms with van der Waals surface area (Å²) in [5, 5.41) is 11.9. The molecule has 1 N–H and O–H groups in total. The molecule has 1 saturated heterocycles. The fourth-order valence-corrected chi connectivity index (χ4v) is 3.67. The molecule has 0 saturated carbocycles. The summed E-state index contributed by atoms with van der Waals surface area (Å²) in [7, 11) is 0. The van der Waals surface area contributed by atoms with Gasteiger partial charge in [0.2, 0.25) is 5.01 Å². The number of hydrogen-bond donors (Lipinski definition) is 1. The Morgan fingerprint density at radius 1 is 1.13 bits per heavy atom. The van der Waals surface area contributed by atoms with Crippen molar-refractivity contribution in [3.63, 3.8) is 0 Å². The van der Waals surface area contributed by atoms with Gasteiger partial charge in [0.05, 0.1) is 6.54 Å². The van der Waals surface area contributed by atoms with Gasteiger partial charge < -0.3 is 15.0 Å². The van der Waals surface area contributed by atoms with E-state index in [4.69, 9.17) is 4.74 Å². The molecule has 10 heteroatoms. The largest absolute Gasteiger partial charge is 0.444 e. The number of benzene rings is 1. The molecule has 2 amide bonds. The lowest BCUT2D eigenvalue weighted by Crippen LogP contribution is -2.49. The molecule has 0 aliphatic carbocycles. The number of halogens is 1. The molecule has 0 bridgehead atoms. The van der Waals surface area contributed by atoms with E-state index in [9.17, 15) is 14.0 Å². The number of nitrogens with one attached hydrogen (secondary N) is 1. The molecule has 0 spiro atoms. The number of rotatable bonds is 5. The Bertz CT molecular complexity index is 873. The predicted octanol–water partition coefficient (Wildman–Crippen LogP) is 2.66. The lowest BCUT2D eigenvalue weighted by molar-refractivity contribution is 0.0139. The van der Waals surface area contributed by atoms with Crippen molar-refractivity contribution in [2.45, 2.75) is 39.5 Å². The van der Waals surface area contributed by atoms with Gasteiger partial charge in [0.15, 0.2) is 0 Å². The summed E-state index contributed by atoms with van der Waals surface area (Å²) < 4.78 is 18.3. The minimum Gasteiger partial charge on any atom is -0.444 e. The van der Waals surface area contributed by atoms with Crippen LogP contribution in [0.1, 0.15) is 41.1 Å². The second kappa shape index (κ2) is 9.48. The van der Waals surface area contributed by atoms with Crippen molar-refractivity contribution < 1.29 is 18.7 Å². The van der Waals surface area contributed by atoms with E-state index in [-0.39, 0.29) is 17.8 Å². The Morgan fingerprint density at radius 3 is 2.43 bits per heavy atom. The van der Waals surface area contributed by atoms with Crippen LogP contribution in [0.15, 0.2) is 24.3 Å². The number of carbonyl (C=O) groups excluding carboxylic acids is 2. The monoisotopic (exact) mass is 435 g/mol. The SMILES string of the molecule is CC(C)(C)OC(=O)N1CCN(Cc2nnc(C(=O)NCc3ccc(F)cc3)s2)CC1. The Labute approximate surface area is 179 Å². The van der Waals surface area contributed by atoms with Crippen LogP contribution in [0.25, 0.3) is 0 Å². The fraction of sp³-hybridized carbons (Fsp3) is 0.500. The highest BCUT2D eigenvalue weighted by molar-refractivity contribution is 7.13. The fourth-order valence-electron chi connectivity index (χ4n) is 2.88. The highest BCUT2D eigenvalue weighted by Gasteiger charge is 2.26. The van der Waals surface area contributed by atoms with Crippen LogP contribution >= 0.6 is 11.3 Å². The van der Waals surface area contributed by atoms with E-state index < -0.39 is 5.60 Å². The minimum atomic E-state index is -0.506. The Morgan fingerprint density at radius 2 is 1.80 bits per heavy atom. The van der Waals surface area contributed by atoms with E-state index in [0.29, 0.717) is 44.3 Å². The standard InChI is InChI=1S/C20H26FN5O3S/c1-20(2,3)29-19(28)26-10-8-25(9-11-26)13-16-23-24-18(30-16)17(27)22-12-14-4-6-15(21)7-5-14/h4-7H,8-13H2,1-3H3,(H,22,27). The number of aromatic nitrogens is 2. The van der Waals surface area contributed by atoms with Crippen molar-refractivity contribution in [1.29, 1.82) is 0 Å². The van der Waals surface area contributed by atoms with Gasteiger partial charge in [-0.3, -0.25) is 9.69 Å². The molecule has 1 aromatic heterocycles. The minimum absolute atomic E-state index is 0.291. The van der Waals surface area contributed by atoms with Gasteiger partial charge >= 0.3 is 6.09 Å². The zero-order valence-electron chi connectivity index (χ0n) is 17.4. The van der Waals surface area contributed by atoms with E-state index in [1.54, 1.807) is 17.0 Å². The number of amides is 2. The van der Waals surface area contributed by atoms with Crippen LogP contribution in [-0.4, -0.2) is 63.8 Å². The molecule has 0 radical (unpaired) electrons. The van der Waals surface area contributed by atoms with Crippen molar-refractivity contribution in [3.8, 4) is 0 Å². The first-order valence-corrected chi connectivity index (χ1v) is 10.6. The highest BCUT2D eigenvalue weighted by atomic mass is 32.1. The van der Waals surface area contributed by atoms with Crippen molar-refractivity contribution in [1.82, 2.24) is 25.3 Å². The van der Waals surface area contributed by atoms with E-state index >= 15 is 0 Å². The zero-order chi connectivity index (χ0) is 21.7. The molecular weight excluding hydrogens is 409 g/mol. The van der Waals surface area contributed by atoms with Gasteiger partial charge in [0.25, 0.3) is 5.91 Å². The Hall–Kier alpha value is -2.59. The third-order valence-electron chi connectivity index (χ3n) is 4.41. The normalized spacial score (nSPS) is 15.1. The van der Waals surface area contributed by atoms with Crippen molar-refractivity contribution in [2.75, 3.05) is 26.2 Å². The van der Waals surface area contributed by atoms with Crippen LogP contribution in [0.4, 0.5) is 9.18 Å². The number of nitrogens with zero attached hydrogens (tertiary/aromatic N) is 4. The first kappa shape index (κ1) is 22.1. The maximum absolute atomic E-state index is 12.9. The summed E-state index contributed by atoms with van der Waals surface area (Å²) >= 11 is 1.25. The van der Waals surface area contributed by atoms with Crippen LogP contribution in [0.5, 0.6) is 0 Å². The molecule has 0 unspecified atom stereocenters. The van der Waals surface area contributed by atoms with Crippen LogP contribution in [0, 0.1) is 5.82 Å². The molecule has 162 valence electrons. The maximum atomic E-state index is 12.9. The molecule has 3 rings (SSSR count). The van der Waals surface area contributed by atoms with Gasteiger partial charge in [-0.25, -0.2) is 9.18 Å². The van der Waals surface area contributed by atoms with Gasteiger partial charge in [0.1, 0.15) is 16.4 Å². The summed E-state index contributed by atoms with van der Waals surface area (Å²) in [5.74, 6) is -0.622. The second-order valence-corrected chi connectivity index (χ2v) is 9.12. The smallest absolute Gasteiger partial charge is 0.410 e. The number of hydrogen-bond acceptors (Lipinski definition) is 7. The summed E-state index contributed by atoms with van der Waals surface area (Å²) in [6.07, 6.45) is -0.293. The number of piperazine rings is 1. The summed E-state index contributed by atoms with van der Waals surface area (Å²) in [5.41, 5.74) is 0.298. The number of carbonyl (C=O) groups is 2. The molecule has 8 nitrogen and oxygen atoms in total. The Balaban J connectivity index is 1.45. The molecule has 1 aliphatic rings. The molecule has 2 heterocycles. The van der Waals surface area contributed by atoms with E-state index in [1.807, 2.05) is 20.8 Å². The Kier molecular flexibility index (Phi) is 6.99. The van der Waals surface area contributed by atoms with Crippen LogP contribution < -0.4 is 5.32 Å². The van der Waals surface area contributed by atoms with Crippen LogP contribution in [-0.2, 0) is 17.8 Å². The van der Waals surface area contributed by atoms with Gasteiger partial charge in [-0.1, -0.05) is 23.5 Å². The molecule has 2 aromatic rings. The first-order chi connectivity index (χ1) is 14.2. The van der Waals surface area contributed by atoms with Crippen molar-refractivity contribution in [2.24, 2.45) is 0 Å². The molecule has 1 aromatic carbocycles. The lowest BCUT2D eigenvalue weighted by atomic mass is 10.2. The number of ether oxygens (including phenoxy) is 1. The lowest BCUT2D eigenvalue weighted by Gasteiger charge is -2.35. The van der Waals surface area contributed by atoms with E-state index in [0.717, 1.165) is 10.6 Å².